The van der Waals surface area contributed by atoms with Crippen molar-refractivity contribution in [3.8, 4) is 0 Å². The number of hydrogen-bond acceptors (Lipinski definition) is 2. The van der Waals surface area contributed by atoms with Crippen LogP contribution in [0.1, 0.15) is 11.5 Å². The number of fused-ring (bicyclic) bond motifs is 1. The van der Waals surface area contributed by atoms with Crippen molar-refractivity contribution in [1.82, 2.24) is 9.88 Å². The van der Waals surface area contributed by atoms with Crippen LogP contribution in [0.5, 0.6) is 0 Å². The molecule has 22 heavy (non-hydrogen) atoms. The molecule has 1 fully saturated rings. The average Bonchev–Trinajstić information content (AvgIpc) is 3.19. The monoisotopic (exact) mass is 394 g/mol. The Kier molecular flexibility index (Phi) is 3.26. The van der Waals surface area contributed by atoms with Gasteiger partial charge in [-0.1, -0.05) is 0 Å². The molecule has 2 aliphatic heterocycles. The normalized spacial score (nSPS) is 23.8. The second kappa shape index (κ2) is 5.16. The van der Waals surface area contributed by atoms with Gasteiger partial charge in [-0.15, -0.1) is 0 Å². The number of aryl methyl sites for hydroxylation is 1. The molecule has 2 aliphatic rings. The Morgan fingerprint density at radius 2 is 1.82 bits per heavy atom. The number of rotatable bonds is 2. The average molecular weight is 394 g/mol. The van der Waals surface area contributed by atoms with E-state index in [0.717, 1.165) is 16.5 Å². The second-order valence-electron chi connectivity index (χ2n) is 5.92. The summed E-state index contributed by atoms with van der Waals surface area (Å²) in [5.74, 6) is -0.566. The molecule has 0 radical (unpaired) electrons. The van der Waals surface area contributed by atoms with E-state index in [-0.39, 0.29) is 21.4 Å². The van der Waals surface area contributed by atoms with Gasteiger partial charge >= 0.3 is 136 Å². The fraction of sp³-hybridized carbons (Fsp3) is 0.176. The molecule has 2 unspecified atom stereocenters. The SMILES string of the molecule is Cn1cc(C2C(=O)NC(=O)[CH]2[In]2[CH]=CC=[CH]2)c2ccccc21. The summed E-state index contributed by atoms with van der Waals surface area (Å²) in [4.78, 5) is 24.8. The van der Waals surface area contributed by atoms with Crippen LogP contribution in [0.4, 0.5) is 0 Å². The van der Waals surface area contributed by atoms with Crippen molar-refractivity contribution < 1.29 is 9.59 Å². The summed E-state index contributed by atoms with van der Waals surface area (Å²) in [5, 5.41) is 3.64. The van der Waals surface area contributed by atoms with Crippen molar-refractivity contribution in [2.24, 2.45) is 7.05 Å². The van der Waals surface area contributed by atoms with E-state index < -0.39 is 21.4 Å². The number of para-hydroxylation sites is 1. The van der Waals surface area contributed by atoms with Crippen molar-refractivity contribution in [2.75, 3.05) is 0 Å². The topological polar surface area (TPSA) is 51.1 Å². The number of benzene rings is 1. The number of carbonyl (C=O) groups excluding carboxylic acids is 2. The van der Waals surface area contributed by atoms with Gasteiger partial charge in [0.1, 0.15) is 0 Å². The van der Waals surface area contributed by atoms with Crippen molar-refractivity contribution in [1.29, 1.82) is 0 Å². The number of allylic oxidation sites excluding steroid dienone is 2. The third-order valence-electron chi connectivity index (χ3n) is 4.65. The Morgan fingerprint density at radius 3 is 2.59 bits per heavy atom. The first-order chi connectivity index (χ1) is 10.7. The standard InChI is InChI=1S/C13H11N2O2.C4H4.In/c1-15-7-10(8-4-2-3-5-11(8)15)9-6-12(16)14-13(9)17;1-3-4-2;/h2-7,9H,1H3,(H,14,16,17);1-4H;. The first-order valence-electron chi connectivity index (χ1n) is 7.40. The van der Waals surface area contributed by atoms with Crippen molar-refractivity contribution >= 4 is 44.2 Å². The van der Waals surface area contributed by atoms with Gasteiger partial charge in [-0.2, -0.15) is 0 Å². The molecule has 0 spiro atoms. The third kappa shape index (κ3) is 1.99. The number of carbonyl (C=O) groups is 2. The van der Waals surface area contributed by atoms with Crippen molar-refractivity contribution in [3.63, 3.8) is 0 Å². The molecule has 2 aromatic rings. The number of nitrogens with zero attached hydrogens (tertiary/aromatic N) is 1. The van der Waals surface area contributed by atoms with Crippen LogP contribution in [-0.2, 0) is 16.6 Å². The van der Waals surface area contributed by atoms with Crippen LogP contribution >= 0.6 is 0 Å². The van der Waals surface area contributed by atoms with Gasteiger partial charge in [0.25, 0.3) is 0 Å². The maximum absolute atomic E-state index is 12.4. The minimum absolute atomic E-state index is 0.0834. The first-order valence-corrected chi connectivity index (χ1v) is 13.1. The Morgan fingerprint density at radius 1 is 1.09 bits per heavy atom. The number of aromatic nitrogens is 1. The summed E-state index contributed by atoms with van der Waals surface area (Å²) >= 11 is -2.31. The molecule has 4 nitrogen and oxygen atoms in total. The summed E-state index contributed by atoms with van der Waals surface area (Å²) in [6.45, 7) is 0. The van der Waals surface area contributed by atoms with E-state index in [4.69, 9.17) is 0 Å². The van der Waals surface area contributed by atoms with Crippen LogP contribution < -0.4 is 5.32 Å². The molecule has 4 rings (SSSR count). The first kappa shape index (κ1) is 13.9. The van der Waals surface area contributed by atoms with Crippen LogP contribution in [0.15, 0.2) is 50.3 Å². The van der Waals surface area contributed by atoms with Crippen LogP contribution in [-0.4, -0.2) is 37.8 Å². The molecule has 3 heterocycles. The molecule has 0 saturated carbocycles. The van der Waals surface area contributed by atoms with Crippen molar-refractivity contribution in [2.45, 2.75) is 9.59 Å². The van der Waals surface area contributed by atoms with Gasteiger partial charge in [0, 0.05) is 0 Å². The summed E-state index contributed by atoms with van der Waals surface area (Å²) in [7, 11) is 1.98. The predicted molar refractivity (Wildman–Crippen MR) is 86.6 cm³/mol. The van der Waals surface area contributed by atoms with Gasteiger partial charge in [-0.3, -0.25) is 0 Å². The fourth-order valence-electron chi connectivity index (χ4n) is 3.64. The summed E-state index contributed by atoms with van der Waals surface area (Å²) < 4.78 is 6.27. The molecule has 1 aromatic heterocycles. The molecule has 108 valence electrons. The molecule has 1 saturated heterocycles. The molecular formula is C17H15InN2O2. The molecule has 0 aliphatic carbocycles. The molecule has 0 bridgehead atoms. The molecule has 2 atom stereocenters. The summed E-state index contributed by atoms with van der Waals surface area (Å²) in [5.41, 5.74) is 2.08. The predicted octanol–water partition coefficient (Wildman–Crippen LogP) is 1.99. The Hall–Kier alpha value is -1.75. The van der Waals surface area contributed by atoms with E-state index in [9.17, 15) is 9.59 Å². The van der Waals surface area contributed by atoms with Crippen molar-refractivity contribution in [3.05, 3.63) is 55.8 Å². The molecular weight excluding hydrogens is 379 g/mol. The molecule has 5 heteroatoms. The quantitative estimate of drug-likeness (QED) is 0.793. The van der Waals surface area contributed by atoms with E-state index >= 15 is 0 Å². The van der Waals surface area contributed by atoms with Gasteiger partial charge in [0.15, 0.2) is 0 Å². The molecule has 2 amide bonds. The maximum atomic E-state index is 12.4. The number of nitrogens with one attached hydrogen (secondary N) is 1. The van der Waals surface area contributed by atoms with Gasteiger partial charge < -0.3 is 0 Å². The number of imide groups is 1. The van der Waals surface area contributed by atoms with Crippen LogP contribution in [0.2, 0.25) is 3.67 Å². The van der Waals surface area contributed by atoms with E-state index in [1.54, 1.807) is 0 Å². The van der Waals surface area contributed by atoms with Crippen LogP contribution in [0, 0.1) is 0 Å². The minimum atomic E-state index is -2.31. The molecule has 1 aromatic carbocycles. The zero-order valence-electron chi connectivity index (χ0n) is 12.2. The zero-order chi connectivity index (χ0) is 15.3. The molecule has 1 N–H and O–H groups in total. The second-order valence-corrected chi connectivity index (χ2v) is 13.5. The van der Waals surface area contributed by atoms with Gasteiger partial charge in [0.05, 0.1) is 0 Å². The number of hydrogen-bond donors (Lipinski definition) is 1. The fourth-order valence-corrected chi connectivity index (χ4v) is 11.2. The van der Waals surface area contributed by atoms with E-state index in [1.807, 2.05) is 54.2 Å². The summed E-state index contributed by atoms with van der Waals surface area (Å²) in [6, 6.07) is 8.05. The van der Waals surface area contributed by atoms with E-state index in [1.165, 1.54) is 0 Å². The summed E-state index contributed by atoms with van der Waals surface area (Å²) in [6.07, 6.45) is 6.06. The Balaban J connectivity index is 1.88. The van der Waals surface area contributed by atoms with Gasteiger partial charge in [-0.05, 0) is 0 Å². The van der Waals surface area contributed by atoms with Gasteiger partial charge in [0.2, 0.25) is 0 Å². The van der Waals surface area contributed by atoms with Crippen LogP contribution in [0.3, 0.4) is 0 Å². The van der Waals surface area contributed by atoms with E-state index in [2.05, 4.69) is 13.0 Å². The van der Waals surface area contributed by atoms with Gasteiger partial charge in [-0.25, -0.2) is 0 Å². The number of amides is 2. The zero-order valence-corrected chi connectivity index (χ0v) is 15.5. The Bertz CT molecular complexity index is 837. The van der Waals surface area contributed by atoms with Crippen LogP contribution in [0.25, 0.3) is 10.9 Å². The van der Waals surface area contributed by atoms with E-state index in [0.29, 0.717) is 0 Å². The third-order valence-corrected chi connectivity index (χ3v) is 12.8. The Labute approximate surface area is 136 Å².